The molecule has 1 aromatic heterocycles. The van der Waals surface area contributed by atoms with Crippen LogP contribution in [-0.2, 0) is 41.4 Å². The molecule has 1 N–H and O–H groups in total. The smallest absolute Gasteiger partial charge is 0.417 e. The minimum atomic E-state index is -1.11. The maximum absolute atomic E-state index is 14.3. The van der Waals surface area contributed by atoms with E-state index in [1.54, 1.807) is 13.0 Å². The second kappa shape index (κ2) is 16.5. The summed E-state index contributed by atoms with van der Waals surface area (Å²) in [6, 6.07) is 19.7. The molecule has 2 aromatic carbocycles. The quantitative estimate of drug-likeness (QED) is 0.154. The maximum Gasteiger partial charge on any atom is 0.417 e. The number of furan rings is 1. The number of aliphatic hydroxyl groups excluding tert-OH is 1. The zero-order valence-corrected chi connectivity index (χ0v) is 26.4. The number of imide groups is 1. The zero-order chi connectivity index (χ0) is 31.5. The predicted octanol–water partition coefficient (Wildman–Crippen LogP) is 5.57. The van der Waals surface area contributed by atoms with Crippen LogP contribution in [0.4, 0.5) is 4.79 Å². The topological polar surface area (TPSA) is 125 Å². The van der Waals surface area contributed by atoms with Crippen LogP contribution < -0.4 is 0 Å². The number of amides is 2. The Morgan fingerprint density at radius 3 is 2.32 bits per heavy atom. The minimum Gasteiger partial charge on any atom is -0.461 e. The number of esters is 1. The van der Waals surface area contributed by atoms with Crippen LogP contribution in [0.1, 0.15) is 55.1 Å². The van der Waals surface area contributed by atoms with E-state index in [0.717, 1.165) is 16.0 Å². The van der Waals surface area contributed by atoms with Gasteiger partial charge in [0.1, 0.15) is 17.6 Å². The molecule has 11 heteroatoms. The molecule has 0 bridgehead atoms. The number of aliphatic hydroxyl groups is 1. The van der Waals surface area contributed by atoms with Crippen molar-refractivity contribution in [3.8, 4) is 0 Å². The van der Waals surface area contributed by atoms with Gasteiger partial charge in [-0.1, -0.05) is 60.7 Å². The Bertz CT molecular complexity index is 1360. The summed E-state index contributed by atoms with van der Waals surface area (Å²) < 4.78 is 29.1. The molecule has 2 heterocycles. The van der Waals surface area contributed by atoms with E-state index in [0.29, 0.717) is 42.9 Å². The van der Waals surface area contributed by atoms with Gasteiger partial charge in [0.05, 0.1) is 42.9 Å². The summed E-state index contributed by atoms with van der Waals surface area (Å²) in [5.41, 5.74) is 1.61. The summed E-state index contributed by atoms with van der Waals surface area (Å²) in [5.74, 6) is -1.21. The van der Waals surface area contributed by atoms with Crippen molar-refractivity contribution in [2.45, 2.75) is 51.4 Å². The van der Waals surface area contributed by atoms with E-state index in [9.17, 15) is 14.4 Å². The number of benzene rings is 2. The summed E-state index contributed by atoms with van der Waals surface area (Å²) in [5, 5.41) is 8.77. The molecule has 236 valence electrons. The molecule has 3 aromatic rings. The van der Waals surface area contributed by atoms with Gasteiger partial charge in [-0.05, 0) is 52.9 Å². The first-order valence-electron chi connectivity index (χ1n) is 14.6. The number of hydrogen-bond donors (Lipinski definition) is 1. The molecule has 0 radical (unpaired) electrons. The number of ether oxygens (including phenoxy) is 4. The Labute approximate surface area is 265 Å². The van der Waals surface area contributed by atoms with Gasteiger partial charge in [-0.15, -0.1) is 0 Å². The lowest BCUT2D eigenvalue weighted by molar-refractivity contribution is -0.155. The number of carbonyl (C=O) groups excluding carboxylic acids is 3. The van der Waals surface area contributed by atoms with E-state index in [1.807, 2.05) is 60.7 Å². The van der Waals surface area contributed by atoms with E-state index in [1.165, 1.54) is 6.92 Å². The SMILES string of the molecule is CC(=O)OC(c1cc(Br)c(CCCOCCOCCO)o1)C(Cc1ccccc1)C(=O)N1C(=O)OC(c2ccccc2)C1C. The van der Waals surface area contributed by atoms with Crippen LogP contribution in [0.25, 0.3) is 0 Å². The van der Waals surface area contributed by atoms with Gasteiger partial charge >= 0.3 is 12.1 Å². The van der Waals surface area contributed by atoms with Crippen molar-refractivity contribution in [2.24, 2.45) is 5.92 Å². The first-order valence-corrected chi connectivity index (χ1v) is 15.4. The van der Waals surface area contributed by atoms with Crippen molar-refractivity contribution in [2.75, 3.05) is 33.0 Å². The van der Waals surface area contributed by atoms with Gasteiger partial charge in [0.15, 0.2) is 6.10 Å². The highest BCUT2D eigenvalue weighted by atomic mass is 79.9. The van der Waals surface area contributed by atoms with Gasteiger partial charge in [0.25, 0.3) is 0 Å². The molecule has 0 saturated carbocycles. The molecule has 1 aliphatic rings. The van der Waals surface area contributed by atoms with Crippen molar-refractivity contribution in [3.63, 3.8) is 0 Å². The number of nitrogens with zero attached hydrogens (tertiary/aromatic N) is 1. The van der Waals surface area contributed by atoms with Crippen molar-refractivity contribution < 1.29 is 42.9 Å². The molecule has 1 aliphatic heterocycles. The molecular weight excluding hydrogens is 634 g/mol. The average Bonchev–Trinajstić information content (AvgIpc) is 3.54. The fraction of sp³-hybridized carbons (Fsp3) is 0.424. The first kappa shape index (κ1) is 33.4. The summed E-state index contributed by atoms with van der Waals surface area (Å²) in [7, 11) is 0. The molecule has 0 spiro atoms. The summed E-state index contributed by atoms with van der Waals surface area (Å²) in [6.45, 7) is 4.55. The van der Waals surface area contributed by atoms with E-state index in [2.05, 4.69) is 15.9 Å². The van der Waals surface area contributed by atoms with E-state index >= 15 is 0 Å². The van der Waals surface area contributed by atoms with E-state index in [-0.39, 0.29) is 25.4 Å². The Kier molecular flexibility index (Phi) is 12.5. The second-order valence-corrected chi connectivity index (χ2v) is 11.3. The van der Waals surface area contributed by atoms with Gasteiger partial charge in [0.2, 0.25) is 5.91 Å². The predicted molar refractivity (Wildman–Crippen MR) is 164 cm³/mol. The van der Waals surface area contributed by atoms with Crippen LogP contribution in [0.2, 0.25) is 0 Å². The Morgan fingerprint density at radius 2 is 1.66 bits per heavy atom. The molecule has 2 amide bonds. The fourth-order valence-electron chi connectivity index (χ4n) is 5.19. The lowest BCUT2D eigenvalue weighted by atomic mass is 9.90. The van der Waals surface area contributed by atoms with Crippen LogP contribution in [0.3, 0.4) is 0 Å². The van der Waals surface area contributed by atoms with Gasteiger partial charge in [-0.3, -0.25) is 9.59 Å². The molecule has 44 heavy (non-hydrogen) atoms. The molecule has 4 atom stereocenters. The maximum atomic E-state index is 14.3. The van der Waals surface area contributed by atoms with Crippen LogP contribution >= 0.6 is 15.9 Å². The molecule has 1 fully saturated rings. The molecular formula is C33H38BrNO9. The fourth-order valence-corrected chi connectivity index (χ4v) is 5.70. The normalized spacial score (nSPS) is 17.7. The van der Waals surface area contributed by atoms with Gasteiger partial charge in [-0.2, -0.15) is 0 Å². The Balaban J connectivity index is 1.57. The van der Waals surface area contributed by atoms with Gasteiger partial charge < -0.3 is 28.5 Å². The summed E-state index contributed by atoms with van der Waals surface area (Å²) in [6.07, 6.45) is -1.14. The summed E-state index contributed by atoms with van der Waals surface area (Å²) in [4.78, 5) is 41.0. The third-order valence-electron chi connectivity index (χ3n) is 7.27. The van der Waals surface area contributed by atoms with Crippen molar-refractivity contribution in [1.29, 1.82) is 0 Å². The largest absolute Gasteiger partial charge is 0.461 e. The highest BCUT2D eigenvalue weighted by Crippen LogP contribution is 2.39. The van der Waals surface area contributed by atoms with Gasteiger partial charge in [0, 0.05) is 20.0 Å². The third-order valence-corrected chi connectivity index (χ3v) is 7.94. The molecule has 10 nitrogen and oxygen atoms in total. The lowest BCUT2D eigenvalue weighted by Gasteiger charge is -2.29. The molecule has 4 rings (SSSR count). The molecule has 4 unspecified atom stereocenters. The number of rotatable bonds is 16. The number of hydrogen-bond acceptors (Lipinski definition) is 9. The van der Waals surface area contributed by atoms with E-state index in [4.69, 9.17) is 28.5 Å². The number of aryl methyl sites for hydroxylation is 1. The monoisotopic (exact) mass is 671 g/mol. The van der Waals surface area contributed by atoms with Crippen molar-refractivity contribution in [1.82, 2.24) is 4.90 Å². The number of carbonyl (C=O) groups is 3. The third kappa shape index (κ3) is 8.78. The Morgan fingerprint density at radius 1 is 1.00 bits per heavy atom. The lowest BCUT2D eigenvalue weighted by Crippen LogP contribution is -2.44. The van der Waals surface area contributed by atoms with Crippen LogP contribution in [0, 0.1) is 5.92 Å². The number of halogens is 1. The molecule has 1 saturated heterocycles. The summed E-state index contributed by atoms with van der Waals surface area (Å²) >= 11 is 3.55. The van der Waals surface area contributed by atoms with Crippen LogP contribution in [0.15, 0.2) is 75.6 Å². The van der Waals surface area contributed by atoms with Gasteiger partial charge in [-0.25, -0.2) is 9.69 Å². The Hall–Kier alpha value is -3.51. The minimum absolute atomic E-state index is 0.0314. The standard InChI is InChI=1S/C33H38BrNO9/c1-22-30(25-12-7-4-8-13-25)44-33(39)35(22)32(38)26(20-24-10-5-3-6-11-24)31(42-23(2)37)29-21-27(34)28(43-29)14-9-16-40-18-19-41-17-15-36/h3-8,10-13,21-22,26,30-31,36H,9,14-20H2,1-2H3. The van der Waals surface area contributed by atoms with E-state index < -0.39 is 42.1 Å². The zero-order valence-electron chi connectivity index (χ0n) is 24.9. The highest BCUT2D eigenvalue weighted by Gasteiger charge is 2.48. The molecule has 0 aliphatic carbocycles. The first-order chi connectivity index (χ1) is 21.3. The average molecular weight is 673 g/mol. The second-order valence-electron chi connectivity index (χ2n) is 10.5. The van der Waals surface area contributed by atoms with Crippen LogP contribution in [0.5, 0.6) is 0 Å². The van der Waals surface area contributed by atoms with Crippen molar-refractivity contribution >= 4 is 33.9 Å². The van der Waals surface area contributed by atoms with Crippen molar-refractivity contribution in [3.05, 3.63) is 93.9 Å². The van der Waals surface area contributed by atoms with Crippen LogP contribution in [-0.4, -0.2) is 67.1 Å². The highest BCUT2D eigenvalue weighted by molar-refractivity contribution is 9.10. The number of cyclic esters (lactones) is 1.